The van der Waals surface area contributed by atoms with Crippen molar-refractivity contribution in [3.63, 3.8) is 0 Å². The van der Waals surface area contributed by atoms with Crippen molar-refractivity contribution in [2.45, 2.75) is 43.9 Å². The molecule has 3 aliphatic heterocycles. The topological polar surface area (TPSA) is 70.4 Å². The van der Waals surface area contributed by atoms with Crippen LogP contribution in [0.15, 0.2) is 41.5 Å². The summed E-state index contributed by atoms with van der Waals surface area (Å²) in [5.74, 6) is 1.04. The van der Waals surface area contributed by atoms with E-state index in [9.17, 15) is 9.90 Å². The third-order valence-electron chi connectivity index (χ3n) is 6.86. The number of aliphatic hydroxyl groups is 1. The van der Waals surface area contributed by atoms with Crippen molar-refractivity contribution < 1.29 is 5.11 Å². The molecule has 2 N–H and O–H groups in total. The molecule has 0 amide bonds. The molecule has 0 spiro atoms. The van der Waals surface area contributed by atoms with E-state index in [2.05, 4.69) is 21.3 Å². The van der Waals surface area contributed by atoms with Gasteiger partial charge in [-0.15, -0.1) is 24.8 Å². The molecule has 2 saturated heterocycles. The molecule has 0 unspecified atom stereocenters. The first kappa shape index (κ1) is 23.2. The van der Waals surface area contributed by atoms with E-state index in [4.69, 9.17) is 0 Å². The van der Waals surface area contributed by atoms with Crippen LogP contribution in [0.4, 0.5) is 0 Å². The molecule has 2 bridgehead atoms. The van der Waals surface area contributed by atoms with Gasteiger partial charge in [0.25, 0.3) is 5.56 Å². The normalized spacial score (nSPS) is 24.8. The second-order valence-corrected chi connectivity index (χ2v) is 8.71. The molecular weight excluding hydrogens is 423 g/mol. The number of pyridine rings is 2. The van der Waals surface area contributed by atoms with Gasteiger partial charge in [-0.1, -0.05) is 12.1 Å². The second-order valence-electron chi connectivity index (χ2n) is 8.71. The van der Waals surface area contributed by atoms with Crippen LogP contribution in [-0.4, -0.2) is 45.7 Å². The highest BCUT2D eigenvalue weighted by Crippen LogP contribution is 2.34. The number of hydrogen-bond donors (Lipinski definition) is 2. The fraction of sp³-hybridized carbons (Fsp3) is 0.545. The molecule has 0 saturated carbocycles. The molecule has 8 heteroatoms. The third-order valence-corrected chi connectivity index (χ3v) is 6.86. The van der Waals surface area contributed by atoms with Crippen LogP contribution in [0.3, 0.4) is 0 Å². The van der Waals surface area contributed by atoms with Crippen LogP contribution in [0.1, 0.15) is 42.0 Å². The van der Waals surface area contributed by atoms with Crippen molar-refractivity contribution in [3.05, 3.63) is 63.8 Å². The quantitative estimate of drug-likeness (QED) is 0.747. The van der Waals surface area contributed by atoms with Crippen molar-refractivity contribution >= 4 is 24.8 Å². The van der Waals surface area contributed by atoms with Crippen molar-refractivity contribution in [2.24, 2.45) is 5.92 Å². The minimum absolute atomic E-state index is 0. The molecule has 0 aliphatic carbocycles. The van der Waals surface area contributed by atoms with Crippen LogP contribution in [0.2, 0.25) is 0 Å². The first-order valence-electron chi connectivity index (χ1n) is 10.4. The minimum Gasteiger partial charge on any atom is -0.385 e. The van der Waals surface area contributed by atoms with E-state index in [0.717, 1.165) is 43.9 Å². The lowest BCUT2D eigenvalue weighted by atomic mass is 9.84. The molecule has 5 heterocycles. The zero-order valence-electron chi connectivity index (χ0n) is 17.0. The molecule has 2 fully saturated rings. The molecule has 0 radical (unpaired) electrons. The molecule has 2 aromatic heterocycles. The first-order valence-corrected chi connectivity index (χ1v) is 10.4. The second kappa shape index (κ2) is 9.37. The van der Waals surface area contributed by atoms with Crippen LogP contribution in [0.25, 0.3) is 0 Å². The highest BCUT2D eigenvalue weighted by Gasteiger charge is 2.35. The van der Waals surface area contributed by atoms with Gasteiger partial charge in [-0.3, -0.25) is 14.7 Å². The van der Waals surface area contributed by atoms with Crippen LogP contribution < -0.4 is 10.9 Å². The fourth-order valence-electron chi connectivity index (χ4n) is 5.20. The Morgan fingerprint density at radius 1 is 1.17 bits per heavy atom. The van der Waals surface area contributed by atoms with Crippen LogP contribution in [0.5, 0.6) is 0 Å². The zero-order valence-corrected chi connectivity index (χ0v) is 18.6. The number of nitrogens with zero attached hydrogens (tertiary/aromatic N) is 3. The molecular formula is C22H30Cl2N4O2. The molecule has 30 heavy (non-hydrogen) atoms. The summed E-state index contributed by atoms with van der Waals surface area (Å²) in [7, 11) is 0. The van der Waals surface area contributed by atoms with Gasteiger partial charge in [-0.05, 0) is 43.9 Å². The van der Waals surface area contributed by atoms with Gasteiger partial charge in [-0.25, -0.2) is 0 Å². The number of aromatic nitrogens is 2. The standard InChI is InChI=1S/C22H28N4O2.2ClH/c27-21-17(3-4-20-18-10-16(11-24-12-18)14-26(20)21)15-25-8-5-22(28,6-9-25)19-2-1-7-23-13-19;;/h1-4,7,13,16,18,24,28H,5-6,8-12,14-15H2;2*1H/t16-,18+;;/m0../s1. The van der Waals surface area contributed by atoms with Gasteiger partial charge >= 0.3 is 0 Å². The predicted molar refractivity (Wildman–Crippen MR) is 122 cm³/mol. The largest absolute Gasteiger partial charge is 0.385 e. The SMILES string of the molecule is Cl.Cl.O=c1c(CN2CCC(O)(c3cccnc3)CC2)ccc2n1C[C@@H]1CNC[C@H]2C1. The molecule has 5 rings (SSSR count). The summed E-state index contributed by atoms with van der Waals surface area (Å²) in [5.41, 5.74) is 2.34. The van der Waals surface area contributed by atoms with E-state index in [-0.39, 0.29) is 30.4 Å². The number of hydrogen-bond acceptors (Lipinski definition) is 5. The smallest absolute Gasteiger partial charge is 0.255 e. The lowest BCUT2D eigenvalue weighted by molar-refractivity contribution is -0.0280. The lowest BCUT2D eigenvalue weighted by Gasteiger charge is -2.39. The summed E-state index contributed by atoms with van der Waals surface area (Å²) < 4.78 is 2.03. The van der Waals surface area contributed by atoms with Gasteiger partial charge in [0.15, 0.2) is 0 Å². The molecule has 2 aromatic rings. The average molecular weight is 453 g/mol. The highest BCUT2D eigenvalue weighted by atomic mass is 35.5. The predicted octanol–water partition coefficient (Wildman–Crippen LogP) is 2.28. The third kappa shape index (κ3) is 4.30. The number of piperidine rings is 2. The molecule has 2 atom stereocenters. The number of nitrogens with one attached hydrogen (secondary N) is 1. The summed E-state index contributed by atoms with van der Waals surface area (Å²) in [5, 5.41) is 14.5. The Hall–Kier alpha value is -1.44. The molecule has 3 aliphatic rings. The number of halogens is 2. The van der Waals surface area contributed by atoms with Crippen molar-refractivity contribution in [3.8, 4) is 0 Å². The van der Waals surface area contributed by atoms with Gasteiger partial charge in [0.2, 0.25) is 0 Å². The fourth-order valence-corrected chi connectivity index (χ4v) is 5.20. The number of rotatable bonds is 3. The maximum atomic E-state index is 13.1. The van der Waals surface area contributed by atoms with Crippen LogP contribution in [0, 0.1) is 5.92 Å². The maximum absolute atomic E-state index is 13.1. The van der Waals surface area contributed by atoms with Gasteiger partial charge < -0.3 is 15.0 Å². The lowest BCUT2D eigenvalue weighted by Crippen LogP contribution is -2.46. The Labute approximate surface area is 189 Å². The number of likely N-dealkylation sites (tertiary alicyclic amines) is 1. The van der Waals surface area contributed by atoms with Crippen LogP contribution >= 0.6 is 24.8 Å². The molecule has 6 nitrogen and oxygen atoms in total. The van der Waals surface area contributed by atoms with E-state index >= 15 is 0 Å². The Morgan fingerprint density at radius 3 is 2.70 bits per heavy atom. The van der Waals surface area contributed by atoms with Crippen molar-refractivity contribution in [1.29, 1.82) is 0 Å². The van der Waals surface area contributed by atoms with Crippen molar-refractivity contribution in [1.82, 2.24) is 19.8 Å². The Bertz CT molecular complexity index is 913. The zero-order chi connectivity index (χ0) is 19.1. The Balaban J connectivity index is 0.00000128. The van der Waals surface area contributed by atoms with E-state index < -0.39 is 5.60 Å². The summed E-state index contributed by atoms with van der Waals surface area (Å²) in [6.07, 6.45) is 6.03. The molecule has 0 aromatic carbocycles. The van der Waals surface area contributed by atoms with E-state index in [1.807, 2.05) is 22.8 Å². The van der Waals surface area contributed by atoms with Gasteiger partial charge in [-0.2, -0.15) is 0 Å². The van der Waals surface area contributed by atoms with Gasteiger partial charge in [0.05, 0.1) is 5.60 Å². The minimum atomic E-state index is -0.805. The Kier molecular flexibility index (Phi) is 7.25. The van der Waals surface area contributed by atoms with E-state index in [1.54, 1.807) is 12.4 Å². The summed E-state index contributed by atoms with van der Waals surface area (Å²) in [6.45, 7) is 5.06. The van der Waals surface area contributed by atoms with E-state index in [0.29, 0.717) is 31.2 Å². The summed E-state index contributed by atoms with van der Waals surface area (Å²) in [4.78, 5) is 19.6. The molecule has 164 valence electrons. The van der Waals surface area contributed by atoms with Gasteiger partial charge in [0.1, 0.15) is 0 Å². The van der Waals surface area contributed by atoms with Crippen LogP contribution in [-0.2, 0) is 18.7 Å². The average Bonchev–Trinajstić information content (AvgIpc) is 2.73. The summed E-state index contributed by atoms with van der Waals surface area (Å²) in [6, 6.07) is 8.02. The Morgan fingerprint density at radius 2 is 1.97 bits per heavy atom. The van der Waals surface area contributed by atoms with E-state index in [1.165, 1.54) is 12.1 Å². The monoisotopic (exact) mass is 452 g/mol. The van der Waals surface area contributed by atoms with Gasteiger partial charge in [0, 0.05) is 67.9 Å². The highest BCUT2D eigenvalue weighted by molar-refractivity contribution is 5.85. The number of fused-ring (bicyclic) bond motifs is 4. The first-order chi connectivity index (χ1) is 13.6. The maximum Gasteiger partial charge on any atom is 0.255 e. The summed E-state index contributed by atoms with van der Waals surface area (Å²) >= 11 is 0. The van der Waals surface area contributed by atoms with Crippen molar-refractivity contribution in [2.75, 3.05) is 26.2 Å².